The maximum absolute atomic E-state index is 2.60. The van der Waals surface area contributed by atoms with E-state index in [0.717, 1.165) is 17.8 Å². The molecule has 0 N–H and O–H groups in total. The molecular formula is C52H46N2. The number of nitrogens with zero attached hydrogens (tertiary/aromatic N) is 2. The van der Waals surface area contributed by atoms with Crippen LogP contribution in [0.2, 0.25) is 0 Å². The summed E-state index contributed by atoms with van der Waals surface area (Å²) < 4.78 is 0. The fourth-order valence-electron chi connectivity index (χ4n) is 10.1. The van der Waals surface area contributed by atoms with Gasteiger partial charge in [0.1, 0.15) is 0 Å². The third-order valence-electron chi connectivity index (χ3n) is 12.8. The molecule has 10 rings (SSSR count). The second-order valence-corrected chi connectivity index (χ2v) is 16.5. The standard InChI is InChI=1S/C52H46N2/c1-51(2)45-31-39(53(35-19-9-5-10-20-35)36-21-11-6-12-22-36)29-30-40(45)43-32-47-44(33-46(43)51)50-42-28-18-17-27-41(42)49(34-48(50)52(47,3)4)54(37-23-13-7-14-24-37)38-25-15-8-16-26-38/h5-21,23-34,36,40,45H,22H2,1-4H3. The van der Waals surface area contributed by atoms with Crippen molar-refractivity contribution in [1.29, 1.82) is 0 Å². The Bertz CT molecular complexity index is 2500. The van der Waals surface area contributed by atoms with Crippen LogP contribution in [0.3, 0.4) is 0 Å². The van der Waals surface area contributed by atoms with E-state index in [2.05, 4.69) is 213 Å². The van der Waals surface area contributed by atoms with Crippen LogP contribution in [0.4, 0.5) is 22.7 Å². The molecule has 0 saturated carbocycles. The number of hydrogen-bond acceptors (Lipinski definition) is 2. The first-order chi connectivity index (χ1) is 26.3. The van der Waals surface area contributed by atoms with Crippen LogP contribution in [0.15, 0.2) is 182 Å². The molecule has 0 bridgehead atoms. The lowest BCUT2D eigenvalue weighted by Gasteiger charge is -2.38. The van der Waals surface area contributed by atoms with E-state index in [4.69, 9.17) is 0 Å². The van der Waals surface area contributed by atoms with Gasteiger partial charge in [0, 0.05) is 39.5 Å². The largest absolute Gasteiger partial charge is 0.335 e. The molecule has 2 nitrogen and oxygen atoms in total. The summed E-state index contributed by atoms with van der Waals surface area (Å²) in [6.07, 6.45) is 17.5. The van der Waals surface area contributed by atoms with Gasteiger partial charge in [-0.15, -0.1) is 0 Å². The van der Waals surface area contributed by atoms with Gasteiger partial charge in [-0.1, -0.05) is 149 Å². The van der Waals surface area contributed by atoms with Gasteiger partial charge in [0.2, 0.25) is 0 Å². The zero-order valence-corrected chi connectivity index (χ0v) is 31.6. The first-order valence-electron chi connectivity index (χ1n) is 19.6. The number of fused-ring (bicyclic) bond motifs is 8. The Morgan fingerprint density at radius 1 is 0.593 bits per heavy atom. The van der Waals surface area contributed by atoms with Gasteiger partial charge in [0.25, 0.3) is 0 Å². The van der Waals surface area contributed by atoms with E-state index in [1.165, 1.54) is 61.2 Å². The molecule has 6 aromatic carbocycles. The minimum absolute atomic E-state index is 0.0459. The molecule has 6 aromatic rings. The number of para-hydroxylation sites is 3. The van der Waals surface area contributed by atoms with Crippen LogP contribution in [0.1, 0.15) is 62.3 Å². The van der Waals surface area contributed by atoms with Gasteiger partial charge in [-0.05, 0) is 111 Å². The molecule has 4 aliphatic carbocycles. The van der Waals surface area contributed by atoms with Crippen molar-refractivity contribution in [2.24, 2.45) is 5.92 Å². The van der Waals surface area contributed by atoms with Gasteiger partial charge < -0.3 is 9.80 Å². The van der Waals surface area contributed by atoms with Gasteiger partial charge >= 0.3 is 0 Å². The van der Waals surface area contributed by atoms with Crippen molar-refractivity contribution >= 4 is 33.5 Å². The molecule has 3 atom stereocenters. The van der Waals surface area contributed by atoms with Crippen LogP contribution in [-0.4, -0.2) is 6.04 Å². The van der Waals surface area contributed by atoms with E-state index in [-0.39, 0.29) is 16.9 Å². The van der Waals surface area contributed by atoms with Crippen molar-refractivity contribution in [3.8, 4) is 11.1 Å². The minimum atomic E-state index is -0.177. The molecule has 264 valence electrons. The van der Waals surface area contributed by atoms with Crippen LogP contribution in [-0.2, 0) is 10.8 Å². The second kappa shape index (κ2) is 12.4. The molecule has 2 heteroatoms. The summed E-state index contributed by atoms with van der Waals surface area (Å²) >= 11 is 0. The lowest BCUT2D eigenvalue weighted by Crippen LogP contribution is -2.35. The zero-order chi connectivity index (χ0) is 36.6. The SMILES string of the molecule is CC1(C)c2cc3c(cc2-c2c1cc(N(c1ccccc1)c1ccccc1)c1ccccc21)C(C)(C)C1C=C(N(c2ccccc2)C2C=CC=CC2)C=CC31. The minimum Gasteiger partial charge on any atom is -0.335 e. The molecule has 0 saturated heterocycles. The highest BCUT2D eigenvalue weighted by molar-refractivity contribution is 6.10. The third kappa shape index (κ3) is 4.93. The molecule has 0 aliphatic heterocycles. The van der Waals surface area contributed by atoms with Gasteiger partial charge in [0.05, 0.1) is 11.7 Å². The van der Waals surface area contributed by atoms with E-state index in [9.17, 15) is 0 Å². The molecule has 0 radical (unpaired) electrons. The van der Waals surface area contributed by atoms with Crippen molar-refractivity contribution in [3.63, 3.8) is 0 Å². The van der Waals surface area contributed by atoms with Crippen LogP contribution in [0, 0.1) is 5.92 Å². The second-order valence-electron chi connectivity index (χ2n) is 16.5. The third-order valence-corrected chi connectivity index (χ3v) is 12.8. The zero-order valence-electron chi connectivity index (χ0n) is 31.6. The van der Waals surface area contributed by atoms with Crippen molar-refractivity contribution in [3.05, 3.63) is 204 Å². The Morgan fingerprint density at radius 2 is 1.22 bits per heavy atom. The van der Waals surface area contributed by atoms with Gasteiger partial charge in [-0.3, -0.25) is 0 Å². The fourth-order valence-corrected chi connectivity index (χ4v) is 10.1. The van der Waals surface area contributed by atoms with E-state index in [0.29, 0.717) is 11.8 Å². The molecule has 0 aromatic heterocycles. The smallest absolute Gasteiger partial charge is 0.0559 e. The monoisotopic (exact) mass is 698 g/mol. The average molecular weight is 699 g/mol. The summed E-state index contributed by atoms with van der Waals surface area (Å²) in [7, 11) is 0. The number of rotatable bonds is 6. The van der Waals surface area contributed by atoms with E-state index < -0.39 is 0 Å². The van der Waals surface area contributed by atoms with Crippen molar-refractivity contribution in [2.45, 2.75) is 56.9 Å². The molecule has 3 unspecified atom stereocenters. The molecule has 0 fully saturated rings. The lowest BCUT2D eigenvalue weighted by molar-refractivity contribution is 0.391. The van der Waals surface area contributed by atoms with Crippen LogP contribution >= 0.6 is 0 Å². The van der Waals surface area contributed by atoms with Crippen LogP contribution in [0.5, 0.6) is 0 Å². The molecule has 4 aliphatic rings. The average Bonchev–Trinajstić information content (AvgIpc) is 3.57. The molecule has 0 heterocycles. The molecule has 54 heavy (non-hydrogen) atoms. The van der Waals surface area contributed by atoms with Crippen LogP contribution < -0.4 is 9.80 Å². The summed E-state index contributed by atoms with van der Waals surface area (Å²) in [5.74, 6) is 0.693. The summed E-state index contributed by atoms with van der Waals surface area (Å²) in [6.45, 7) is 9.83. The maximum atomic E-state index is 2.60. The normalized spacial score (nSPS) is 20.9. The lowest BCUT2D eigenvalue weighted by atomic mass is 9.73. The maximum Gasteiger partial charge on any atom is 0.0559 e. The van der Waals surface area contributed by atoms with Crippen LogP contribution in [0.25, 0.3) is 21.9 Å². The Kier molecular flexibility index (Phi) is 7.49. The predicted molar refractivity (Wildman–Crippen MR) is 228 cm³/mol. The first kappa shape index (κ1) is 32.8. The quantitative estimate of drug-likeness (QED) is 0.171. The Balaban J connectivity index is 1.12. The Labute approximate surface area is 320 Å². The summed E-state index contributed by atoms with van der Waals surface area (Å²) in [5, 5.41) is 2.58. The highest BCUT2D eigenvalue weighted by Gasteiger charge is 2.48. The van der Waals surface area contributed by atoms with Gasteiger partial charge in [-0.25, -0.2) is 0 Å². The van der Waals surface area contributed by atoms with Crippen molar-refractivity contribution in [2.75, 3.05) is 9.80 Å². The van der Waals surface area contributed by atoms with E-state index in [1.807, 2.05) is 0 Å². The van der Waals surface area contributed by atoms with Crippen molar-refractivity contribution in [1.82, 2.24) is 0 Å². The van der Waals surface area contributed by atoms with E-state index >= 15 is 0 Å². The number of hydrogen-bond donors (Lipinski definition) is 0. The van der Waals surface area contributed by atoms with Crippen molar-refractivity contribution < 1.29 is 0 Å². The Morgan fingerprint density at radius 3 is 1.87 bits per heavy atom. The van der Waals surface area contributed by atoms with Gasteiger partial charge in [-0.2, -0.15) is 0 Å². The summed E-state index contributed by atoms with van der Waals surface area (Å²) in [5.41, 5.74) is 14.5. The predicted octanol–water partition coefficient (Wildman–Crippen LogP) is 13.5. The highest BCUT2D eigenvalue weighted by atomic mass is 15.2. The number of benzene rings is 6. The molecule has 0 amide bonds. The summed E-state index contributed by atoms with van der Waals surface area (Å²) in [6, 6.07) is 49.6. The van der Waals surface area contributed by atoms with Gasteiger partial charge in [0.15, 0.2) is 0 Å². The highest BCUT2D eigenvalue weighted by Crippen LogP contribution is 2.60. The first-order valence-corrected chi connectivity index (χ1v) is 19.6. The Hall–Kier alpha value is -5.86. The molecule has 0 spiro atoms. The fraction of sp³-hybridized carbons (Fsp3) is 0.192. The van der Waals surface area contributed by atoms with E-state index in [1.54, 1.807) is 0 Å². The number of allylic oxidation sites excluding steroid dienone is 5. The number of anilines is 4. The summed E-state index contributed by atoms with van der Waals surface area (Å²) in [4.78, 5) is 4.98. The topological polar surface area (TPSA) is 6.48 Å². The molecular weight excluding hydrogens is 653 g/mol.